The number of aliphatic hydroxyl groups excluding tert-OH is 1. The fourth-order valence-electron chi connectivity index (χ4n) is 1.87. The van der Waals surface area contributed by atoms with E-state index in [0.717, 1.165) is 12.8 Å². The molecule has 0 bridgehead atoms. The van der Waals surface area contributed by atoms with Crippen LogP contribution in [0.15, 0.2) is 0 Å². The summed E-state index contributed by atoms with van der Waals surface area (Å²) in [5.74, 6) is 0. The molecule has 1 heterocycles. The first-order valence-corrected chi connectivity index (χ1v) is 3.95. The second-order valence-electron chi connectivity index (χ2n) is 4.12. The molecule has 0 spiro atoms. The van der Waals surface area contributed by atoms with Gasteiger partial charge in [-0.2, -0.15) is 0 Å². The normalized spacial score (nSPS) is 50.1. The van der Waals surface area contributed by atoms with Crippen molar-refractivity contribution in [2.24, 2.45) is 5.41 Å². The van der Waals surface area contributed by atoms with Crippen LogP contribution in [0.3, 0.4) is 0 Å². The van der Waals surface area contributed by atoms with Crippen molar-refractivity contribution in [1.29, 1.82) is 0 Å². The van der Waals surface area contributed by atoms with E-state index in [4.69, 9.17) is 4.74 Å². The van der Waals surface area contributed by atoms with Gasteiger partial charge in [0.25, 0.3) is 0 Å². The lowest BCUT2D eigenvalue weighted by Gasteiger charge is -2.27. The zero-order valence-corrected chi connectivity index (χ0v) is 6.50. The lowest BCUT2D eigenvalue weighted by Crippen LogP contribution is -2.33. The average molecular weight is 142 g/mol. The molecule has 0 amide bonds. The third-order valence-electron chi connectivity index (χ3n) is 2.76. The van der Waals surface area contributed by atoms with Crippen molar-refractivity contribution in [2.75, 3.05) is 0 Å². The molecule has 0 unspecified atom stereocenters. The highest BCUT2D eigenvalue weighted by atomic mass is 16.6. The highest BCUT2D eigenvalue weighted by molar-refractivity contribution is 5.03. The van der Waals surface area contributed by atoms with Gasteiger partial charge in [0.05, 0.1) is 12.2 Å². The van der Waals surface area contributed by atoms with Crippen molar-refractivity contribution in [3.05, 3.63) is 0 Å². The monoisotopic (exact) mass is 142 g/mol. The van der Waals surface area contributed by atoms with Crippen molar-refractivity contribution < 1.29 is 9.84 Å². The Morgan fingerprint density at radius 1 is 1.50 bits per heavy atom. The van der Waals surface area contributed by atoms with E-state index in [1.807, 2.05) is 0 Å². The lowest BCUT2D eigenvalue weighted by molar-refractivity contribution is 0.105. The van der Waals surface area contributed by atoms with Gasteiger partial charge in [-0.15, -0.1) is 0 Å². The molecule has 10 heavy (non-hydrogen) atoms. The molecule has 1 aliphatic heterocycles. The van der Waals surface area contributed by atoms with E-state index in [9.17, 15) is 5.11 Å². The van der Waals surface area contributed by atoms with Crippen LogP contribution in [0.4, 0.5) is 0 Å². The minimum Gasteiger partial charge on any atom is -0.390 e. The minimum absolute atomic E-state index is 0.170. The van der Waals surface area contributed by atoms with E-state index in [2.05, 4.69) is 13.8 Å². The van der Waals surface area contributed by atoms with Gasteiger partial charge < -0.3 is 9.84 Å². The molecule has 1 saturated carbocycles. The Bertz CT molecular complexity index is 153. The SMILES string of the molecule is CC1(C)CC[C@H](O)[C@@H]2O[C@H]21. The maximum Gasteiger partial charge on any atom is 0.110 e. The van der Waals surface area contributed by atoms with Crippen molar-refractivity contribution in [3.8, 4) is 0 Å². The molecule has 58 valence electrons. The second kappa shape index (κ2) is 1.74. The summed E-state index contributed by atoms with van der Waals surface area (Å²) in [6.45, 7) is 4.42. The summed E-state index contributed by atoms with van der Waals surface area (Å²) >= 11 is 0. The van der Waals surface area contributed by atoms with Gasteiger partial charge in [0.1, 0.15) is 6.10 Å². The van der Waals surface area contributed by atoms with Crippen molar-refractivity contribution in [1.82, 2.24) is 0 Å². The van der Waals surface area contributed by atoms with E-state index < -0.39 is 0 Å². The number of hydrogen-bond donors (Lipinski definition) is 1. The molecule has 2 fully saturated rings. The van der Waals surface area contributed by atoms with E-state index >= 15 is 0 Å². The number of rotatable bonds is 0. The third kappa shape index (κ3) is 0.789. The molecular formula is C8H14O2. The molecule has 1 N–H and O–H groups in total. The van der Waals surface area contributed by atoms with Crippen molar-refractivity contribution >= 4 is 0 Å². The largest absolute Gasteiger partial charge is 0.390 e. The molecule has 2 aliphatic rings. The standard InChI is InChI=1S/C8H14O2/c1-8(2)4-3-5(9)6-7(8)10-6/h5-7,9H,3-4H2,1-2H3/t5-,6-,7+/m0/s1. The molecule has 0 aromatic carbocycles. The summed E-state index contributed by atoms with van der Waals surface area (Å²) in [5, 5.41) is 9.33. The first-order valence-electron chi connectivity index (χ1n) is 3.95. The lowest BCUT2D eigenvalue weighted by atomic mass is 9.76. The highest BCUT2D eigenvalue weighted by Crippen LogP contribution is 2.48. The first kappa shape index (κ1) is 6.62. The number of aliphatic hydroxyl groups is 1. The van der Waals surface area contributed by atoms with E-state index in [-0.39, 0.29) is 12.2 Å². The van der Waals surface area contributed by atoms with Gasteiger partial charge in [0.2, 0.25) is 0 Å². The van der Waals surface area contributed by atoms with Crippen molar-refractivity contribution in [2.45, 2.75) is 45.0 Å². The van der Waals surface area contributed by atoms with Crippen LogP contribution in [0.25, 0.3) is 0 Å². The van der Waals surface area contributed by atoms with E-state index in [0.29, 0.717) is 11.5 Å². The molecular weight excluding hydrogens is 128 g/mol. The van der Waals surface area contributed by atoms with Gasteiger partial charge in [0.15, 0.2) is 0 Å². The Hall–Kier alpha value is -0.0800. The Kier molecular flexibility index (Phi) is 1.15. The van der Waals surface area contributed by atoms with Crippen LogP contribution in [0.1, 0.15) is 26.7 Å². The smallest absolute Gasteiger partial charge is 0.110 e. The molecule has 0 radical (unpaired) electrons. The van der Waals surface area contributed by atoms with Gasteiger partial charge >= 0.3 is 0 Å². The number of hydrogen-bond acceptors (Lipinski definition) is 2. The molecule has 2 heteroatoms. The zero-order valence-electron chi connectivity index (χ0n) is 6.50. The predicted octanol–water partition coefficient (Wildman–Crippen LogP) is 0.935. The molecule has 0 aromatic rings. The van der Waals surface area contributed by atoms with Crippen LogP contribution in [0.2, 0.25) is 0 Å². The summed E-state index contributed by atoms with van der Waals surface area (Å²) in [5.41, 5.74) is 0.309. The summed E-state index contributed by atoms with van der Waals surface area (Å²) in [4.78, 5) is 0. The van der Waals surface area contributed by atoms with Gasteiger partial charge in [-0.3, -0.25) is 0 Å². The topological polar surface area (TPSA) is 32.8 Å². The second-order valence-corrected chi connectivity index (χ2v) is 4.12. The molecule has 0 aromatic heterocycles. The van der Waals surface area contributed by atoms with E-state index in [1.54, 1.807) is 0 Å². The first-order chi connectivity index (χ1) is 4.61. The fraction of sp³-hybridized carbons (Fsp3) is 1.00. The van der Waals surface area contributed by atoms with Crippen LogP contribution in [0.5, 0.6) is 0 Å². The Labute approximate surface area is 61.2 Å². The van der Waals surface area contributed by atoms with Gasteiger partial charge in [-0.05, 0) is 18.3 Å². The van der Waals surface area contributed by atoms with Gasteiger partial charge in [-0.25, -0.2) is 0 Å². The van der Waals surface area contributed by atoms with Crippen LogP contribution < -0.4 is 0 Å². The van der Waals surface area contributed by atoms with Crippen LogP contribution >= 0.6 is 0 Å². The summed E-state index contributed by atoms with van der Waals surface area (Å²) in [6.07, 6.45) is 2.33. The van der Waals surface area contributed by atoms with Gasteiger partial charge in [-0.1, -0.05) is 13.8 Å². The number of fused-ring (bicyclic) bond motifs is 1. The number of ether oxygens (including phenoxy) is 1. The zero-order chi connectivity index (χ0) is 7.35. The van der Waals surface area contributed by atoms with Crippen LogP contribution in [0, 0.1) is 5.41 Å². The maximum absolute atomic E-state index is 9.33. The molecule has 2 rings (SSSR count). The summed E-state index contributed by atoms with van der Waals surface area (Å²) in [6, 6.07) is 0. The summed E-state index contributed by atoms with van der Waals surface area (Å²) < 4.78 is 5.36. The highest BCUT2D eigenvalue weighted by Gasteiger charge is 2.56. The average Bonchev–Trinajstić information content (AvgIpc) is 2.58. The summed E-state index contributed by atoms with van der Waals surface area (Å²) in [7, 11) is 0. The predicted molar refractivity (Wildman–Crippen MR) is 37.7 cm³/mol. The molecule has 2 nitrogen and oxygen atoms in total. The fourth-order valence-corrected chi connectivity index (χ4v) is 1.87. The van der Waals surface area contributed by atoms with Crippen LogP contribution in [-0.2, 0) is 4.74 Å². The van der Waals surface area contributed by atoms with Gasteiger partial charge in [0, 0.05) is 0 Å². The Morgan fingerprint density at radius 3 is 2.80 bits per heavy atom. The molecule has 1 aliphatic carbocycles. The minimum atomic E-state index is -0.182. The quantitative estimate of drug-likeness (QED) is 0.510. The number of epoxide rings is 1. The van der Waals surface area contributed by atoms with Crippen LogP contribution in [-0.4, -0.2) is 23.4 Å². The Balaban J connectivity index is 2.09. The maximum atomic E-state index is 9.33. The van der Waals surface area contributed by atoms with Crippen molar-refractivity contribution in [3.63, 3.8) is 0 Å². The van der Waals surface area contributed by atoms with E-state index in [1.165, 1.54) is 0 Å². The third-order valence-corrected chi connectivity index (χ3v) is 2.76. The molecule has 3 atom stereocenters. The molecule has 1 saturated heterocycles. The Morgan fingerprint density at radius 2 is 2.20 bits per heavy atom.